The van der Waals surface area contributed by atoms with E-state index in [0.717, 1.165) is 17.1 Å². The van der Waals surface area contributed by atoms with Gasteiger partial charge in [-0.2, -0.15) is 0 Å². The second-order valence-electron chi connectivity index (χ2n) is 6.90. The Labute approximate surface area is 195 Å². The third kappa shape index (κ3) is 6.69. The molecule has 3 rings (SSSR count). The van der Waals surface area contributed by atoms with Gasteiger partial charge in [0.05, 0.1) is 12.4 Å². The van der Waals surface area contributed by atoms with Gasteiger partial charge in [-0.15, -0.1) is 10.2 Å². The Morgan fingerprint density at radius 3 is 2.41 bits per heavy atom. The van der Waals surface area contributed by atoms with Crippen molar-refractivity contribution in [3.05, 3.63) is 54.6 Å². The van der Waals surface area contributed by atoms with Crippen LogP contribution in [0.3, 0.4) is 0 Å². The predicted molar refractivity (Wildman–Crippen MR) is 130 cm³/mol. The Balaban J connectivity index is 1.60. The molecule has 0 spiro atoms. The van der Waals surface area contributed by atoms with E-state index < -0.39 is 6.09 Å². The Bertz CT molecular complexity index is 1030. The van der Waals surface area contributed by atoms with E-state index in [1.165, 1.54) is 23.1 Å². The van der Waals surface area contributed by atoms with Crippen molar-refractivity contribution >= 4 is 57.3 Å². The van der Waals surface area contributed by atoms with E-state index in [1.807, 2.05) is 68.4 Å². The molecule has 1 aromatic heterocycles. The zero-order valence-electron chi connectivity index (χ0n) is 18.1. The number of carbonyl (C=O) groups excluding carboxylic acids is 2. The first-order chi connectivity index (χ1) is 15.5. The van der Waals surface area contributed by atoms with Crippen LogP contribution in [-0.2, 0) is 9.53 Å². The van der Waals surface area contributed by atoms with Crippen LogP contribution in [0.25, 0.3) is 0 Å². The molecule has 0 aliphatic rings. The molecule has 3 aromatic rings. The van der Waals surface area contributed by atoms with Gasteiger partial charge >= 0.3 is 6.09 Å². The average molecular weight is 472 g/mol. The number of hydrogen-bond acceptors (Lipinski definition) is 8. The summed E-state index contributed by atoms with van der Waals surface area (Å²) in [7, 11) is 0. The van der Waals surface area contributed by atoms with Gasteiger partial charge in [-0.05, 0) is 57.2 Å². The van der Waals surface area contributed by atoms with Crippen molar-refractivity contribution in [1.82, 2.24) is 10.2 Å². The van der Waals surface area contributed by atoms with Crippen LogP contribution < -0.4 is 15.5 Å². The van der Waals surface area contributed by atoms with Gasteiger partial charge in [0.1, 0.15) is 0 Å². The first-order valence-corrected chi connectivity index (χ1v) is 11.9. The van der Waals surface area contributed by atoms with E-state index >= 15 is 0 Å². The fraction of sp³-hybridized carbons (Fsp3) is 0.273. The van der Waals surface area contributed by atoms with Crippen LogP contribution in [0.2, 0.25) is 0 Å². The average Bonchev–Trinajstić information content (AvgIpc) is 3.21. The molecule has 0 aliphatic heterocycles. The van der Waals surface area contributed by atoms with Crippen molar-refractivity contribution < 1.29 is 14.3 Å². The van der Waals surface area contributed by atoms with E-state index in [1.54, 1.807) is 11.8 Å². The zero-order chi connectivity index (χ0) is 22.9. The number of carbonyl (C=O) groups is 2. The highest BCUT2D eigenvalue weighted by Crippen LogP contribution is 2.28. The molecule has 10 heteroatoms. The minimum absolute atomic E-state index is 0.00788. The summed E-state index contributed by atoms with van der Waals surface area (Å²) >= 11 is 2.48. The van der Waals surface area contributed by atoms with Crippen molar-refractivity contribution in [2.75, 3.05) is 27.9 Å². The quantitative estimate of drug-likeness (QED) is 0.319. The molecule has 0 unspecified atom stereocenters. The maximum Gasteiger partial charge on any atom is 0.413 e. The Kier molecular flexibility index (Phi) is 8.46. The second kappa shape index (κ2) is 11.5. The Morgan fingerprint density at radius 2 is 1.75 bits per heavy atom. The number of anilines is 4. The van der Waals surface area contributed by atoms with Gasteiger partial charge in [0, 0.05) is 23.1 Å². The molecule has 8 nitrogen and oxygen atoms in total. The summed E-state index contributed by atoms with van der Waals surface area (Å²) in [6.07, 6.45) is -0.576. The van der Waals surface area contributed by atoms with Gasteiger partial charge in [-0.3, -0.25) is 10.1 Å². The number of rotatable bonds is 9. The third-order valence-electron chi connectivity index (χ3n) is 4.20. The van der Waals surface area contributed by atoms with Gasteiger partial charge in [0.25, 0.3) is 0 Å². The maximum absolute atomic E-state index is 13.0. The number of thioether (sulfide) groups is 1. The molecule has 2 N–H and O–H groups in total. The van der Waals surface area contributed by atoms with E-state index in [9.17, 15) is 9.59 Å². The molecule has 1 heterocycles. The minimum Gasteiger partial charge on any atom is -0.450 e. The first kappa shape index (κ1) is 23.6. The molecule has 168 valence electrons. The van der Waals surface area contributed by atoms with E-state index in [-0.39, 0.29) is 24.3 Å². The molecule has 32 heavy (non-hydrogen) atoms. The highest BCUT2D eigenvalue weighted by Gasteiger charge is 2.20. The predicted octanol–water partition coefficient (Wildman–Crippen LogP) is 5.38. The van der Waals surface area contributed by atoms with Crippen LogP contribution in [-0.4, -0.2) is 40.6 Å². The van der Waals surface area contributed by atoms with Gasteiger partial charge in [0.15, 0.2) is 4.34 Å². The van der Waals surface area contributed by atoms with Crippen molar-refractivity contribution in [2.24, 2.45) is 0 Å². The third-order valence-corrected chi connectivity index (χ3v) is 6.16. The molecule has 2 amide bonds. The lowest BCUT2D eigenvalue weighted by Gasteiger charge is -2.27. The van der Waals surface area contributed by atoms with Crippen LogP contribution in [0.5, 0.6) is 0 Å². The number of nitrogens with zero attached hydrogens (tertiary/aromatic N) is 3. The topological polar surface area (TPSA) is 96.5 Å². The molecule has 0 saturated carbocycles. The smallest absolute Gasteiger partial charge is 0.413 e. The van der Waals surface area contributed by atoms with Crippen LogP contribution >= 0.6 is 23.1 Å². The van der Waals surface area contributed by atoms with E-state index in [4.69, 9.17) is 4.74 Å². The van der Waals surface area contributed by atoms with E-state index in [2.05, 4.69) is 20.8 Å². The summed E-state index contributed by atoms with van der Waals surface area (Å²) < 4.78 is 5.41. The summed E-state index contributed by atoms with van der Waals surface area (Å²) in [4.78, 5) is 26.2. The van der Waals surface area contributed by atoms with Crippen molar-refractivity contribution in [3.8, 4) is 0 Å². The van der Waals surface area contributed by atoms with Crippen LogP contribution in [0.1, 0.15) is 20.8 Å². The maximum atomic E-state index is 13.0. The van der Waals surface area contributed by atoms with Crippen molar-refractivity contribution in [3.63, 3.8) is 0 Å². The van der Waals surface area contributed by atoms with Gasteiger partial charge in [-0.1, -0.05) is 41.3 Å². The van der Waals surface area contributed by atoms with E-state index in [0.29, 0.717) is 9.47 Å². The lowest BCUT2D eigenvalue weighted by atomic mass is 10.2. The fourth-order valence-electron chi connectivity index (χ4n) is 2.89. The fourth-order valence-corrected chi connectivity index (χ4v) is 4.49. The number of para-hydroxylation sites is 1. The molecule has 0 saturated heterocycles. The highest BCUT2D eigenvalue weighted by molar-refractivity contribution is 8.01. The summed E-state index contributed by atoms with van der Waals surface area (Å²) in [5.41, 5.74) is 2.77. The van der Waals surface area contributed by atoms with Gasteiger partial charge in [0.2, 0.25) is 11.0 Å². The summed E-state index contributed by atoms with van der Waals surface area (Å²) in [6.45, 7) is 5.95. The second-order valence-corrected chi connectivity index (χ2v) is 9.10. The molecule has 0 fully saturated rings. The Morgan fingerprint density at radius 1 is 1.06 bits per heavy atom. The molecule has 0 bridgehead atoms. The standard InChI is InChI=1S/C22H25N5O3S2/c1-4-30-21(29)24-20-25-26-22(32-20)31-14-19(28)27(15(2)3)18-12-10-17(11-13-18)23-16-8-6-5-7-9-16/h5-13,15,23H,4,14H2,1-3H3,(H,24,25,29). The lowest BCUT2D eigenvalue weighted by Crippen LogP contribution is -2.38. The Hall–Kier alpha value is -3.11. The SMILES string of the molecule is CCOC(=O)Nc1nnc(SCC(=O)N(c2ccc(Nc3ccccc3)cc2)C(C)C)s1. The molecular weight excluding hydrogens is 446 g/mol. The molecule has 0 atom stereocenters. The molecular formula is C22H25N5O3S2. The summed E-state index contributed by atoms with van der Waals surface area (Å²) in [5, 5.41) is 14.1. The number of aromatic nitrogens is 2. The lowest BCUT2D eigenvalue weighted by molar-refractivity contribution is -0.116. The highest BCUT2D eigenvalue weighted by atomic mass is 32.2. The molecule has 0 radical (unpaired) electrons. The monoisotopic (exact) mass is 471 g/mol. The van der Waals surface area contributed by atoms with Crippen LogP contribution in [0.4, 0.5) is 27.0 Å². The number of nitrogens with one attached hydrogen (secondary N) is 2. The van der Waals surface area contributed by atoms with Crippen LogP contribution in [0, 0.1) is 0 Å². The number of ether oxygens (including phenoxy) is 1. The minimum atomic E-state index is -0.576. The van der Waals surface area contributed by atoms with Crippen molar-refractivity contribution in [1.29, 1.82) is 0 Å². The number of hydrogen-bond donors (Lipinski definition) is 2. The number of amides is 2. The summed E-state index contributed by atoms with van der Waals surface area (Å²) in [6, 6.07) is 17.7. The van der Waals surface area contributed by atoms with Crippen molar-refractivity contribution in [2.45, 2.75) is 31.2 Å². The van der Waals surface area contributed by atoms with Crippen LogP contribution in [0.15, 0.2) is 58.9 Å². The molecule has 2 aromatic carbocycles. The largest absolute Gasteiger partial charge is 0.450 e. The molecule has 0 aliphatic carbocycles. The summed E-state index contributed by atoms with van der Waals surface area (Å²) in [5.74, 6) is 0.167. The zero-order valence-corrected chi connectivity index (χ0v) is 19.7. The van der Waals surface area contributed by atoms with Gasteiger partial charge < -0.3 is 15.0 Å². The normalized spacial score (nSPS) is 10.6. The number of benzene rings is 2. The first-order valence-electron chi connectivity index (χ1n) is 10.1. The van der Waals surface area contributed by atoms with Gasteiger partial charge in [-0.25, -0.2) is 4.79 Å².